The number of hydrogen-bond acceptors (Lipinski definition) is 6. The second-order valence-electron chi connectivity index (χ2n) is 11.4. The first kappa shape index (κ1) is 26.7. The van der Waals surface area contributed by atoms with Crippen LogP contribution in [0.1, 0.15) is 44.6 Å². The molecule has 0 spiro atoms. The predicted molar refractivity (Wildman–Crippen MR) is 150 cm³/mol. The van der Waals surface area contributed by atoms with E-state index in [9.17, 15) is 24.3 Å². The average molecular weight is 608 g/mol. The lowest BCUT2D eigenvalue weighted by Crippen LogP contribution is -2.49. The number of rotatable bonds is 5. The lowest BCUT2D eigenvalue weighted by atomic mass is 9.51. The first-order valence-electron chi connectivity index (χ1n) is 13.7. The normalized spacial score (nSPS) is 31.2. The molecule has 208 valence electrons. The quantitative estimate of drug-likeness (QED) is 0.387. The van der Waals surface area contributed by atoms with Gasteiger partial charge in [-0.1, -0.05) is 52.7 Å². The van der Waals surface area contributed by atoms with Crippen LogP contribution in [0.25, 0.3) is 0 Å². The zero-order valence-corrected chi connectivity index (χ0v) is 24.2. The number of amides is 4. The lowest BCUT2D eigenvalue weighted by Gasteiger charge is -2.49. The van der Waals surface area contributed by atoms with Crippen LogP contribution in [0, 0.1) is 29.1 Å². The molecule has 1 saturated carbocycles. The molecule has 3 fully saturated rings. The van der Waals surface area contributed by atoms with Gasteiger partial charge >= 0.3 is 0 Å². The maximum Gasteiger partial charge on any atom is 0.241 e. The molecule has 8 nitrogen and oxygen atoms in total. The van der Waals surface area contributed by atoms with Crippen LogP contribution in [0.3, 0.4) is 0 Å². The van der Waals surface area contributed by atoms with Crippen LogP contribution in [0.15, 0.2) is 58.6 Å². The Balaban J connectivity index is 1.56. The fraction of sp³-hybridized carbons (Fsp3) is 0.419. The van der Waals surface area contributed by atoms with E-state index in [-0.39, 0.29) is 41.5 Å². The van der Waals surface area contributed by atoms with E-state index >= 15 is 0 Å². The number of likely N-dealkylation sites (tertiary alicyclic amines) is 1. The van der Waals surface area contributed by atoms with Crippen molar-refractivity contribution in [3.05, 3.63) is 64.1 Å². The number of aromatic hydroxyl groups is 1. The Morgan fingerprint density at radius 3 is 2.45 bits per heavy atom. The fourth-order valence-corrected chi connectivity index (χ4v) is 8.12. The van der Waals surface area contributed by atoms with E-state index in [1.54, 1.807) is 43.3 Å². The van der Waals surface area contributed by atoms with E-state index in [2.05, 4.69) is 15.9 Å². The Bertz CT molecular complexity index is 1470. The molecular weight excluding hydrogens is 576 g/mol. The van der Waals surface area contributed by atoms with Gasteiger partial charge in [0, 0.05) is 22.5 Å². The van der Waals surface area contributed by atoms with Gasteiger partial charge in [-0.25, -0.2) is 4.90 Å². The third kappa shape index (κ3) is 3.56. The largest absolute Gasteiger partial charge is 0.504 e. The molecule has 4 amide bonds. The summed E-state index contributed by atoms with van der Waals surface area (Å²) in [5.74, 6) is -3.89. The minimum atomic E-state index is -1.24. The standard InChI is InChI=1S/C31H31BrN2O6/c1-4-12-33-27(36)19-11-10-18-20(24(19)29(33)38)15-22-28(37)34(17-8-6-5-7-9-17)30(39)31(22,2)25(18)21-13-16(32)14-23(40-3)26(21)35/h5-10,13-14,19-20,22,24-25,35H,4,11-12,15H2,1-3H3/t19-,20+,22-,24-,25+,31+/m0/s1. The molecule has 2 aliphatic heterocycles. The molecule has 6 rings (SSSR count). The highest BCUT2D eigenvalue weighted by molar-refractivity contribution is 9.10. The monoisotopic (exact) mass is 606 g/mol. The van der Waals surface area contributed by atoms with Crippen molar-refractivity contribution in [3.63, 3.8) is 0 Å². The van der Waals surface area contributed by atoms with Gasteiger partial charge in [0.25, 0.3) is 0 Å². The number of anilines is 1. The van der Waals surface area contributed by atoms with Crippen LogP contribution >= 0.6 is 15.9 Å². The van der Waals surface area contributed by atoms with Crippen molar-refractivity contribution >= 4 is 45.2 Å². The van der Waals surface area contributed by atoms with Gasteiger partial charge in [-0.15, -0.1) is 0 Å². The number of methoxy groups -OCH3 is 1. The molecule has 1 N–H and O–H groups in total. The van der Waals surface area contributed by atoms with Crippen molar-refractivity contribution in [2.24, 2.45) is 29.1 Å². The van der Waals surface area contributed by atoms with Gasteiger partial charge in [-0.3, -0.25) is 24.1 Å². The van der Waals surface area contributed by atoms with Gasteiger partial charge in [-0.05, 0) is 56.4 Å². The van der Waals surface area contributed by atoms with Gasteiger partial charge in [-0.2, -0.15) is 0 Å². The summed E-state index contributed by atoms with van der Waals surface area (Å²) in [5, 5.41) is 11.4. The number of halogens is 1. The molecule has 2 aromatic rings. The number of ether oxygens (including phenoxy) is 1. The summed E-state index contributed by atoms with van der Waals surface area (Å²) < 4.78 is 6.10. The zero-order valence-electron chi connectivity index (χ0n) is 22.6. The van der Waals surface area contributed by atoms with Crippen molar-refractivity contribution in [1.82, 2.24) is 4.90 Å². The number of carbonyl (C=O) groups excluding carboxylic acids is 4. The lowest BCUT2D eigenvalue weighted by molar-refractivity contribution is -0.140. The summed E-state index contributed by atoms with van der Waals surface area (Å²) in [7, 11) is 1.45. The molecular formula is C31H31BrN2O6. The third-order valence-corrected chi connectivity index (χ3v) is 9.89. The smallest absolute Gasteiger partial charge is 0.241 e. The van der Waals surface area contributed by atoms with Crippen molar-refractivity contribution in [2.75, 3.05) is 18.6 Å². The number of para-hydroxylation sites is 1. The second kappa shape index (κ2) is 9.58. The van der Waals surface area contributed by atoms with Gasteiger partial charge < -0.3 is 9.84 Å². The number of benzene rings is 2. The minimum absolute atomic E-state index is 0.112. The topological polar surface area (TPSA) is 104 Å². The molecule has 0 aromatic heterocycles. The number of phenolic OH excluding ortho intramolecular Hbond substituents is 1. The molecule has 0 bridgehead atoms. The molecule has 2 aromatic carbocycles. The minimum Gasteiger partial charge on any atom is -0.504 e. The van der Waals surface area contributed by atoms with Crippen LogP contribution in [0.4, 0.5) is 5.69 Å². The Morgan fingerprint density at radius 1 is 1.05 bits per heavy atom. The Morgan fingerprint density at radius 2 is 1.77 bits per heavy atom. The second-order valence-corrected chi connectivity index (χ2v) is 12.3. The van der Waals surface area contributed by atoms with Crippen molar-refractivity contribution in [1.29, 1.82) is 0 Å². The van der Waals surface area contributed by atoms with Crippen molar-refractivity contribution in [3.8, 4) is 11.5 Å². The molecule has 6 atom stereocenters. The van der Waals surface area contributed by atoms with E-state index in [1.165, 1.54) is 16.9 Å². The SMILES string of the molecule is CCCN1C(=O)[C@H]2[C@H](CC=C3[C@H]2C[C@H]2C(=O)N(c4ccccc4)C(=O)[C@@]2(C)[C@H]3c2cc(Br)cc(OC)c2O)C1=O. The molecule has 2 aliphatic carbocycles. The Kier molecular flexibility index (Phi) is 6.40. The van der Waals surface area contributed by atoms with Crippen LogP contribution in [0.5, 0.6) is 11.5 Å². The van der Waals surface area contributed by atoms with E-state index < -0.39 is 35.0 Å². The maximum absolute atomic E-state index is 14.4. The number of imide groups is 2. The molecule has 40 heavy (non-hydrogen) atoms. The number of nitrogens with zero attached hydrogens (tertiary/aromatic N) is 2. The van der Waals surface area contributed by atoms with Crippen LogP contribution in [-0.2, 0) is 19.2 Å². The van der Waals surface area contributed by atoms with E-state index in [0.29, 0.717) is 35.1 Å². The maximum atomic E-state index is 14.4. The van der Waals surface area contributed by atoms with Gasteiger partial charge in [0.15, 0.2) is 11.5 Å². The van der Waals surface area contributed by atoms with Crippen LogP contribution < -0.4 is 9.64 Å². The van der Waals surface area contributed by atoms with Gasteiger partial charge in [0.05, 0.1) is 36.0 Å². The highest BCUT2D eigenvalue weighted by Gasteiger charge is 2.67. The summed E-state index contributed by atoms with van der Waals surface area (Å²) in [6.45, 7) is 4.09. The predicted octanol–water partition coefficient (Wildman–Crippen LogP) is 4.80. The number of carbonyl (C=O) groups is 4. The van der Waals surface area contributed by atoms with Crippen molar-refractivity contribution < 1.29 is 29.0 Å². The average Bonchev–Trinajstić information content (AvgIpc) is 3.30. The summed E-state index contributed by atoms with van der Waals surface area (Å²) in [5.41, 5.74) is 0.525. The summed E-state index contributed by atoms with van der Waals surface area (Å²) >= 11 is 3.52. The van der Waals surface area contributed by atoms with E-state index in [4.69, 9.17) is 4.74 Å². The molecule has 2 saturated heterocycles. The zero-order chi connectivity index (χ0) is 28.5. The molecule has 9 heteroatoms. The Hall–Kier alpha value is -3.46. The summed E-state index contributed by atoms with van der Waals surface area (Å²) in [6.07, 6.45) is 3.29. The van der Waals surface area contributed by atoms with Gasteiger partial charge in [0.2, 0.25) is 23.6 Å². The number of fused-ring (bicyclic) bond motifs is 4. The highest BCUT2D eigenvalue weighted by Crippen LogP contribution is 2.65. The van der Waals surface area contributed by atoms with E-state index in [1.807, 2.05) is 19.1 Å². The van der Waals surface area contributed by atoms with E-state index in [0.717, 1.165) is 5.57 Å². The first-order valence-corrected chi connectivity index (χ1v) is 14.5. The van der Waals surface area contributed by atoms with Gasteiger partial charge in [0.1, 0.15) is 0 Å². The van der Waals surface area contributed by atoms with Crippen LogP contribution in [-0.4, -0.2) is 47.3 Å². The summed E-state index contributed by atoms with van der Waals surface area (Å²) in [4.78, 5) is 58.1. The van der Waals surface area contributed by atoms with Crippen LogP contribution in [0.2, 0.25) is 0 Å². The number of hydrogen-bond donors (Lipinski definition) is 1. The number of allylic oxidation sites excluding steroid dienone is 2. The molecule has 4 aliphatic rings. The van der Waals surface area contributed by atoms with Crippen molar-refractivity contribution in [2.45, 2.75) is 39.0 Å². The number of phenols is 1. The summed E-state index contributed by atoms with van der Waals surface area (Å²) in [6, 6.07) is 12.2. The molecule has 0 unspecified atom stereocenters. The molecule has 0 radical (unpaired) electrons. The molecule has 2 heterocycles. The highest BCUT2D eigenvalue weighted by atomic mass is 79.9. The third-order valence-electron chi connectivity index (χ3n) is 9.43. The fourth-order valence-electron chi connectivity index (χ4n) is 7.66. The first-order chi connectivity index (χ1) is 19.1. The Labute approximate surface area is 241 Å².